The topological polar surface area (TPSA) is 75.6 Å². The second-order valence-corrected chi connectivity index (χ2v) is 3.61. The predicted octanol–water partition coefficient (Wildman–Crippen LogP) is 1.45. The number of carboxylic acid groups (broad SMARTS) is 1. The molecule has 1 atom stereocenters. The van der Waals surface area contributed by atoms with Gasteiger partial charge in [0.25, 0.3) is 0 Å². The Kier molecular flexibility index (Phi) is 4.92. The Balaban J connectivity index is 2.91. The van der Waals surface area contributed by atoms with Crippen molar-refractivity contribution in [3.05, 3.63) is 42.5 Å². The Morgan fingerprint density at radius 3 is 2.72 bits per heavy atom. The van der Waals surface area contributed by atoms with Crippen molar-refractivity contribution in [1.29, 1.82) is 0 Å². The van der Waals surface area contributed by atoms with E-state index in [4.69, 9.17) is 5.11 Å². The van der Waals surface area contributed by atoms with Crippen molar-refractivity contribution in [2.75, 3.05) is 12.4 Å². The summed E-state index contributed by atoms with van der Waals surface area (Å²) in [5.74, 6) is -1.41. The minimum atomic E-state index is -0.933. The summed E-state index contributed by atoms with van der Waals surface area (Å²) >= 11 is 0. The molecule has 18 heavy (non-hydrogen) atoms. The average Bonchev–Trinajstić information content (AvgIpc) is 2.36. The fraction of sp³-hybridized carbons (Fsp3) is 0.231. The van der Waals surface area contributed by atoms with Crippen LogP contribution in [-0.2, 0) is 20.7 Å². The van der Waals surface area contributed by atoms with Gasteiger partial charge in [-0.2, -0.15) is 0 Å². The molecule has 0 aliphatic heterocycles. The quantitative estimate of drug-likeness (QED) is 0.589. The second-order valence-electron chi connectivity index (χ2n) is 3.61. The van der Waals surface area contributed by atoms with Gasteiger partial charge < -0.3 is 15.2 Å². The van der Waals surface area contributed by atoms with Gasteiger partial charge in [-0.05, 0) is 11.6 Å². The van der Waals surface area contributed by atoms with E-state index >= 15 is 0 Å². The fourth-order valence-corrected chi connectivity index (χ4v) is 1.49. The summed E-state index contributed by atoms with van der Waals surface area (Å²) in [6, 6.07) is 6.19. The Bertz CT molecular complexity index is 456. The van der Waals surface area contributed by atoms with Crippen LogP contribution in [0.25, 0.3) is 0 Å². The van der Waals surface area contributed by atoms with Crippen molar-refractivity contribution in [3.8, 4) is 0 Å². The summed E-state index contributed by atoms with van der Waals surface area (Å²) in [7, 11) is 1.28. The number of methoxy groups -OCH3 is 1. The zero-order valence-electron chi connectivity index (χ0n) is 10.1. The fourth-order valence-electron chi connectivity index (χ4n) is 1.49. The number of ether oxygens (including phenoxy) is 1. The van der Waals surface area contributed by atoms with Crippen molar-refractivity contribution in [2.45, 2.75) is 12.5 Å². The second kappa shape index (κ2) is 6.44. The van der Waals surface area contributed by atoms with Gasteiger partial charge in [0.2, 0.25) is 0 Å². The van der Waals surface area contributed by atoms with Gasteiger partial charge in [-0.25, -0.2) is 4.79 Å². The lowest BCUT2D eigenvalue weighted by Gasteiger charge is -2.16. The molecule has 0 fully saturated rings. The van der Waals surface area contributed by atoms with Gasteiger partial charge in [-0.15, -0.1) is 6.58 Å². The highest BCUT2D eigenvalue weighted by molar-refractivity contribution is 5.82. The van der Waals surface area contributed by atoms with E-state index in [0.29, 0.717) is 11.3 Å². The van der Waals surface area contributed by atoms with Crippen molar-refractivity contribution < 1.29 is 19.4 Å². The van der Waals surface area contributed by atoms with E-state index in [1.54, 1.807) is 24.3 Å². The maximum atomic E-state index is 11.4. The molecule has 0 amide bonds. The Hall–Kier alpha value is -2.30. The number of aliphatic carboxylic acids is 1. The molecule has 5 nitrogen and oxygen atoms in total. The Morgan fingerprint density at radius 1 is 1.50 bits per heavy atom. The average molecular weight is 249 g/mol. The standard InChI is InChI=1S/C13H15NO4/c1-3-10(13(17)18-2)14-11-7-5-4-6-9(11)8-12(15)16/h3-7,10,14H,1,8H2,2H3,(H,15,16). The molecule has 0 saturated heterocycles. The first-order chi connectivity index (χ1) is 8.58. The molecule has 0 heterocycles. The van der Waals surface area contributed by atoms with Crippen molar-refractivity contribution in [2.24, 2.45) is 0 Å². The maximum absolute atomic E-state index is 11.4. The van der Waals surface area contributed by atoms with Crippen LogP contribution < -0.4 is 5.32 Å². The molecule has 96 valence electrons. The maximum Gasteiger partial charge on any atom is 0.332 e. The molecule has 2 N–H and O–H groups in total. The molecule has 0 saturated carbocycles. The lowest BCUT2D eigenvalue weighted by molar-refractivity contribution is -0.140. The SMILES string of the molecule is C=CC(Nc1ccccc1CC(=O)O)C(=O)OC. The van der Waals surface area contributed by atoms with Crippen LogP contribution in [0.2, 0.25) is 0 Å². The number of anilines is 1. The summed E-state index contributed by atoms with van der Waals surface area (Å²) in [6.07, 6.45) is 1.29. The number of carboxylic acids is 1. The lowest BCUT2D eigenvalue weighted by atomic mass is 10.1. The van der Waals surface area contributed by atoms with Gasteiger partial charge in [0.1, 0.15) is 6.04 Å². The van der Waals surface area contributed by atoms with E-state index in [2.05, 4.69) is 16.6 Å². The van der Waals surface area contributed by atoms with Gasteiger partial charge in [0.15, 0.2) is 0 Å². The zero-order valence-corrected chi connectivity index (χ0v) is 10.1. The Labute approximate surface area is 105 Å². The minimum absolute atomic E-state index is 0.117. The summed E-state index contributed by atoms with van der Waals surface area (Å²) in [4.78, 5) is 22.1. The van der Waals surface area contributed by atoms with Crippen molar-refractivity contribution >= 4 is 17.6 Å². The van der Waals surface area contributed by atoms with Crippen molar-refractivity contribution in [3.63, 3.8) is 0 Å². The number of rotatable bonds is 6. The molecule has 0 spiro atoms. The molecule has 1 aromatic carbocycles. The molecule has 1 unspecified atom stereocenters. The van der Waals surface area contributed by atoms with E-state index < -0.39 is 18.0 Å². The highest BCUT2D eigenvalue weighted by atomic mass is 16.5. The van der Waals surface area contributed by atoms with Crippen LogP contribution in [0.1, 0.15) is 5.56 Å². The largest absolute Gasteiger partial charge is 0.481 e. The van der Waals surface area contributed by atoms with Crippen LogP contribution in [0.15, 0.2) is 36.9 Å². The van der Waals surface area contributed by atoms with Gasteiger partial charge in [0, 0.05) is 5.69 Å². The molecule has 1 aromatic rings. The molecule has 0 radical (unpaired) electrons. The molecule has 1 rings (SSSR count). The minimum Gasteiger partial charge on any atom is -0.481 e. The van der Waals surface area contributed by atoms with Crippen LogP contribution in [0.5, 0.6) is 0 Å². The van der Waals surface area contributed by atoms with E-state index in [-0.39, 0.29) is 6.42 Å². The predicted molar refractivity (Wildman–Crippen MR) is 67.4 cm³/mol. The third-order valence-electron chi connectivity index (χ3n) is 2.36. The summed E-state index contributed by atoms with van der Waals surface area (Å²) < 4.78 is 4.61. The highest BCUT2D eigenvalue weighted by Gasteiger charge is 2.16. The number of benzene rings is 1. The monoisotopic (exact) mass is 249 g/mol. The number of carbonyl (C=O) groups excluding carboxylic acids is 1. The number of para-hydroxylation sites is 1. The molecule has 0 aromatic heterocycles. The van der Waals surface area contributed by atoms with E-state index in [0.717, 1.165) is 0 Å². The van der Waals surface area contributed by atoms with Gasteiger partial charge in [-0.3, -0.25) is 4.79 Å². The van der Waals surface area contributed by atoms with Crippen molar-refractivity contribution in [1.82, 2.24) is 0 Å². The molecule has 0 aliphatic rings. The molecule has 0 aliphatic carbocycles. The number of hydrogen-bond acceptors (Lipinski definition) is 4. The van der Waals surface area contributed by atoms with Crippen LogP contribution >= 0.6 is 0 Å². The smallest absolute Gasteiger partial charge is 0.332 e. The van der Waals surface area contributed by atoms with Gasteiger partial charge >= 0.3 is 11.9 Å². The zero-order chi connectivity index (χ0) is 13.5. The summed E-state index contributed by atoms with van der Waals surface area (Å²) in [5.41, 5.74) is 1.18. The first-order valence-corrected chi connectivity index (χ1v) is 5.35. The summed E-state index contributed by atoms with van der Waals surface area (Å²) in [5, 5.41) is 11.7. The van der Waals surface area contributed by atoms with Crippen LogP contribution in [0.3, 0.4) is 0 Å². The summed E-state index contributed by atoms with van der Waals surface area (Å²) in [6.45, 7) is 3.54. The lowest BCUT2D eigenvalue weighted by Crippen LogP contribution is -2.28. The van der Waals surface area contributed by atoms with Crippen LogP contribution in [0.4, 0.5) is 5.69 Å². The third kappa shape index (κ3) is 3.62. The highest BCUT2D eigenvalue weighted by Crippen LogP contribution is 2.17. The molecular formula is C13H15NO4. The number of esters is 1. The number of hydrogen-bond donors (Lipinski definition) is 2. The van der Waals surface area contributed by atoms with Gasteiger partial charge in [0.05, 0.1) is 13.5 Å². The van der Waals surface area contributed by atoms with Gasteiger partial charge in [-0.1, -0.05) is 24.3 Å². The van der Waals surface area contributed by atoms with Crippen LogP contribution in [0, 0.1) is 0 Å². The van der Waals surface area contributed by atoms with E-state index in [1.807, 2.05) is 0 Å². The number of nitrogens with one attached hydrogen (secondary N) is 1. The molecular weight excluding hydrogens is 234 g/mol. The molecule has 5 heteroatoms. The first-order valence-electron chi connectivity index (χ1n) is 5.35. The number of carbonyl (C=O) groups is 2. The third-order valence-corrected chi connectivity index (χ3v) is 2.36. The van der Waals surface area contributed by atoms with Crippen LogP contribution in [-0.4, -0.2) is 30.2 Å². The first kappa shape index (κ1) is 13.8. The normalized spacial score (nSPS) is 11.4. The van der Waals surface area contributed by atoms with E-state index in [1.165, 1.54) is 13.2 Å². The molecule has 0 bridgehead atoms. The Morgan fingerprint density at radius 2 is 2.17 bits per heavy atom. The van der Waals surface area contributed by atoms with E-state index in [9.17, 15) is 9.59 Å².